The number of carbonyl (C=O) groups is 2. The summed E-state index contributed by atoms with van der Waals surface area (Å²) in [6, 6.07) is 18.3. The highest BCUT2D eigenvalue weighted by atomic mass is 16.5. The molecule has 6 heteroatoms. The average Bonchev–Trinajstić information content (AvgIpc) is 2.69. The second-order valence-corrected chi connectivity index (χ2v) is 5.58. The lowest BCUT2D eigenvalue weighted by Crippen LogP contribution is -2.19. The number of rotatable bonds is 8. The number of anilines is 1. The van der Waals surface area contributed by atoms with Crippen LogP contribution in [0.5, 0.6) is 0 Å². The zero-order chi connectivity index (χ0) is 19.5. The number of hydrogen-bond acceptors (Lipinski definition) is 5. The predicted molar refractivity (Wildman–Crippen MR) is 103 cm³/mol. The highest BCUT2D eigenvalue weighted by molar-refractivity contribution is 6.09. The van der Waals surface area contributed by atoms with E-state index in [9.17, 15) is 14.9 Å². The molecule has 0 radical (unpaired) electrons. The Morgan fingerprint density at radius 1 is 1.11 bits per heavy atom. The molecule has 138 valence electrons. The van der Waals surface area contributed by atoms with Crippen molar-refractivity contribution in [2.45, 2.75) is 13.3 Å². The van der Waals surface area contributed by atoms with Crippen LogP contribution in [0.15, 0.2) is 66.4 Å². The first-order chi connectivity index (χ1) is 13.2. The number of nitriles is 1. The number of hydrogen-bond donors (Lipinski definition) is 2. The molecule has 0 heterocycles. The molecule has 0 saturated heterocycles. The Balaban J connectivity index is 1.99. The molecule has 0 aliphatic rings. The van der Waals surface area contributed by atoms with E-state index in [1.54, 1.807) is 31.2 Å². The first-order valence-corrected chi connectivity index (χ1v) is 8.60. The van der Waals surface area contributed by atoms with Gasteiger partial charge in [0.2, 0.25) is 0 Å². The van der Waals surface area contributed by atoms with Crippen molar-refractivity contribution in [3.8, 4) is 6.07 Å². The molecule has 0 saturated carbocycles. The van der Waals surface area contributed by atoms with Crippen LogP contribution in [-0.2, 0) is 16.0 Å². The van der Waals surface area contributed by atoms with Gasteiger partial charge in [-0.1, -0.05) is 42.5 Å². The Kier molecular flexibility index (Phi) is 7.61. The maximum atomic E-state index is 12.3. The smallest absolute Gasteiger partial charge is 0.340 e. The third-order valence-corrected chi connectivity index (χ3v) is 3.68. The SMILES string of the molecule is CCOC(=O)c1ccccc1NC(=O)/C(C#N)=C\NCCc1ccccc1. The molecule has 27 heavy (non-hydrogen) atoms. The minimum absolute atomic E-state index is 0.0817. The number of amides is 1. The van der Waals surface area contributed by atoms with Gasteiger partial charge < -0.3 is 15.4 Å². The summed E-state index contributed by atoms with van der Waals surface area (Å²) in [5.74, 6) is -1.13. The third kappa shape index (κ3) is 6.01. The lowest BCUT2D eigenvalue weighted by Gasteiger charge is -2.10. The summed E-state index contributed by atoms with van der Waals surface area (Å²) in [6.45, 7) is 2.52. The van der Waals surface area contributed by atoms with Gasteiger partial charge in [0.1, 0.15) is 11.6 Å². The number of nitrogens with one attached hydrogen (secondary N) is 2. The van der Waals surface area contributed by atoms with Crippen molar-refractivity contribution in [2.75, 3.05) is 18.5 Å². The number of benzene rings is 2. The van der Waals surface area contributed by atoms with Crippen LogP contribution in [0.25, 0.3) is 0 Å². The summed E-state index contributed by atoms with van der Waals surface area (Å²) in [4.78, 5) is 24.3. The summed E-state index contributed by atoms with van der Waals surface area (Å²) in [7, 11) is 0. The van der Waals surface area contributed by atoms with Crippen LogP contribution in [0.2, 0.25) is 0 Å². The van der Waals surface area contributed by atoms with Crippen molar-refractivity contribution in [1.29, 1.82) is 5.26 Å². The van der Waals surface area contributed by atoms with E-state index in [0.29, 0.717) is 12.2 Å². The van der Waals surface area contributed by atoms with Crippen LogP contribution in [0.4, 0.5) is 5.69 Å². The molecule has 1 amide bonds. The molecular formula is C21H21N3O3. The molecule has 0 unspecified atom stereocenters. The van der Waals surface area contributed by atoms with E-state index in [1.807, 2.05) is 36.4 Å². The highest BCUT2D eigenvalue weighted by Crippen LogP contribution is 2.17. The Labute approximate surface area is 158 Å². The van der Waals surface area contributed by atoms with E-state index in [4.69, 9.17) is 4.74 Å². The molecule has 0 fully saturated rings. The summed E-state index contributed by atoms with van der Waals surface area (Å²) in [5, 5.41) is 14.8. The van der Waals surface area contributed by atoms with Crippen LogP contribution in [-0.4, -0.2) is 25.0 Å². The monoisotopic (exact) mass is 363 g/mol. The Morgan fingerprint density at radius 3 is 2.52 bits per heavy atom. The van der Waals surface area contributed by atoms with Crippen molar-refractivity contribution in [3.63, 3.8) is 0 Å². The second-order valence-electron chi connectivity index (χ2n) is 5.58. The van der Waals surface area contributed by atoms with Crippen molar-refractivity contribution in [1.82, 2.24) is 5.32 Å². The van der Waals surface area contributed by atoms with E-state index < -0.39 is 11.9 Å². The molecule has 0 bridgehead atoms. The van der Waals surface area contributed by atoms with Gasteiger partial charge in [0.15, 0.2) is 0 Å². The fraction of sp³-hybridized carbons (Fsp3) is 0.190. The van der Waals surface area contributed by atoms with Gasteiger partial charge in [0.25, 0.3) is 5.91 Å². The van der Waals surface area contributed by atoms with Gasteiger partial charge in [0, 0.05) is 12.7 Å². The molecule has 0 aliphatic carbocycles. The molecule has 2 N–H and O–H groups in total. The zero-order valence-corrected chi connectivity index (χ0v) is 15.1. The molecular weight excluding hydrogens is 342 g/mol. The van der Waals surface area contributed by atoms with E-state index in [-0.39, 0.29) is 17.7 Å². The fourth-order valence-electron chi connectivity index (χ4n) is 2.35. The second kappa shape index (κ2) is 10.4. The molecule has 2 aromatic rings. The predicted octanol–water partition coefficient (Wildman–Crippen LogP) is 3.04. The van der Waals surface area contributed by atoms with E-state index in [2.05, 4.69) is 10.6 Å². The van der Waals surface area contributed by atoms with Gasteiger partial charge in [-0.15, -0.1) is 0 Å². The largest absolute Gasteiger partial charge is 0.462 e. The van der Waals surface area contributed by atoms with Gasteiger partial charge in [-0.3, -0.25) is 4.79 Å². The Hall–Kier alpha value is -3.59. The van der Waals surface area contributed by atoms with Crippen LogP contribution >= 0.6 is 0 Å². The molecule has 0 aliphatic heterocycles. The van der Waals surface area contributed by atoms with Crippen molar-refractivity contribution in [2.24, 2.45) is 0 Å². The highest BCUT2D eigenvalue weighted by Gasteiger charge is 2.16. The first kappa shape index (κ1) is 19.7. The summed E-state index contributed by atoms with van der Waals surface area (Å²) >= 11 is 0. The quantitative estimate of drug-likeness (QED) is 0.326. The fourth-order valence-corrected chi connectivity index (χ4v) is 2.35. The van der Waals surface area contributed by atoms with Gasteiger partial charge in [-0.25, -0.2) is 4.79 Å². The maximum Gasteiger partial charge on any atom is 0.340 e. The summed E-state index contributed by atoms with van der Waals surface area (Å²) < 4.78 is 4.98. The number of carbonyl (C=O) groups excluding carboxylic acids is 2. The molecule has 6 nitrogen and oxygen atoms in total. The number of para-hydroxylation sites is 1. The van der Waals surface area contributed by atoms with Crippen LogP contribution in [0.3, 0.4) is 0 Å². The minimum Gasteiger partial charge on any atom is -0.462 e. The van der Waals surface area contributed by atoms with Crippen LogP contribution in [0.1, 0.15) is 22.8 Å². The normalized spacial score (nSPS) is 10.6. The number of esters is 1. The molecule has 0 aromatic heterocycles. The van der Waals surface area contributed by atoms with Gasteiger partial charge in [-0.05, 0) is 31.0 Å². The molecule has 2 rings (SSSR count). The van der Waals surface area contributed by atoms with E-state index in [0.717, 1.165) is 12.0 Å². The van der Waals surface area contributed by atoms with Crippen LogP contribution in [0, 0.1) is 11.3 Å². The zero-order valence-electron chi connectivity index (χ0n) is 15.1. The van der Waals surface area contributed by atoms with Crippen molar-refractivity contribution >= 4 is 17.6 Å². The Morgan fingerprint density at radius 2 is 1.81 bits per heavy atom. The van der Waals surface area contributed by atoms with Crippen LogP contribution < -0.4 is 10.6 Å². The lowest BCUT2D eigenvalue weighted by atomic mass is 10.1. The molecule has 2 aromatic carbocycles. The standard InChI is InChI=1S/C21H21N3O3/c1-2-27-21(26)18-10-6-7-11-19(18)24-20(25)17(14-22)15-23-13-12-16-8-4-3-5-9-16/h3-11,15,23H,2,12-13H2,1H3,(H,24,25)/b17-15-. The van der Waals surface area contributed by atoms with E-state index >= 15 is 0 Å². The van der Waals surface area contributed by atoms with Gasteiger partial charge in [0.05, 0.1) is 17.9 Å². The lowest BCUT2D eigenvalue weighted by molar-refractivity contribution is -0.112. The third-order valence-electron chi connectivity index (χ3n) is 3.68. The first-order valence-electron chi connectivity index (χ1n) is 8.60. The maximum absolute atomic E-state index is 12.3. The Bertz CT molecular complexity index is 854. The summed E-state index contributed by atoms with van der Waals surface area (Å²) in [5.41, 5.74) is 1.61. The number of ether oxygens (including phenoxy) is 1. The topological polar surface area (TPSA) is 91.2 Å². The van der Waals surface area contributed by atoms with E-state index in [1.165, 1.54) is 6.20 Å². The molecule has 0 spiro atoms. The van der Waals surface area contributed by atoms with Gasteiger partial charge >= 0.3 is 5.97 Å². The van der Waals surface area contributed by atoms with Gasteiger partial charge in [-0.2, -0.15) is 5.26 Å². The molecule has 0 atom stereocenters. The van der Waals surface area contributed by atoms with Crippen molar-refractivity contribution in [3.05, 3.63) is 77.5 Å². The number of nitrogens with zero attached hydrogens (tertiary/aromatic N) is 1. The minimum atomic E-state index is -0.596. The summed E-state index contributed by atoms with van der Waals surface area (Å²) in [6.07, 6.45) is 2.15. The van der Waals surface area contributed by atoms with Crippen molar-refractivity contribution < 1.29 is 14.3 Å². The average molecular weight is 363 g/mol.